The van der Waals surface area contributed by atoms with Gasteiger partial charge in [0.05, 0.1) is 0 Å². The molecule has 1 aromatic heterocycles. The van der Waals surface area contributed by atoms with Crippen molar-refractivity contribution in [2.75, 3.05) is 12.4 Å². The molecule has 0 amide bonds. The number of hydrogen-bond acceptors (Lipinski definition) is 4. The number of fused-ring (bicyclic) bond motifs is 1. The van der Waals surface area contributed by atoms with Crippen molar-refractivity contribution in [1.29, 1.82) is 0 Å². The smallest absolute Gasteiger partial charge is 0.400 e. The van der Waals surface area contributed by atoms with E-state index in [2.05, 4.69) is 5.32 Å². The minimum Gasteiger partial charge on any atom is -0.400 e. The first kappa shape index (κ1) is 12.2. The quantitative estimate of drug-likeness (QED) is 0.574. The van der Waals surface area contributed by atoms with Gasteiger partial charge in [0.15, 0.2) is 0 Å². The Hall–Kier alpha value is -2.82. The Labute approximate surface area is 115 Å². The van der Waals surface area contributed by atoms with Crippen LogP contribution < -0.4 is 5.32 Å². The Balaban J connectivity index is 2.36. The van der Waals surface area contributed by atoms with Gasteiger partial charge in [-0.15, -0.1) is 0 Å². The van der Waals surface area contributed by atoms with Crippen LogP contribution in [-0.4, -0.2) is 12.0 Å². The van der Waals surface area contributed by atoms with Crippen LogP contribution in [0.25, 0.3) is 22.1 Å². The van der Waals surface area contributed by atoms with Crippen LogP contribution in [0.1, 0.15) is 0 Å². The molecule has 2 aromatic carbocycles. The molecule has 3 rings (SSSR count). The summed E-state index contributed by atoms with van der Waals surface area (Å²) in [4.78, 5) is 10.7. The van der Waals surface area contributed by atoms with Gasteiger partial charge in [-0.25, -0.2) is 0 Å². The molecule has 0 aliphatic rings. The highest BCUT2D eigenvalue weighted by atomic mass is 16.6. The number of hydrogen-bond donors (Lipinski definition) is 1. The van der Waals surface area contributed by atoms with Gasteiger partial charge in [-0.1, -0.05) is 30.3 Å². The number of anilines is 1. The fraction of sp³-hybridized carbons (Fsp3) is 0.0667. The van der Waals surface area contributed by atoms with Crippen molar-refractivity contribution in [2.24, 2.45) is 0 Å². The molecule has 1 N–H and O–H groups in total. The Kier molecular flexibility index (Phi) is 2.87. The first-order chi connectivity index (χ1) is 9.70. The zero-order chi connectivity index (χ0) is 14.1. The van der Waals surface area contributed by atoms with E-state index < -0.39 is 4.92 Å². The number of benzene rings is 2. The molecule has 5 heteroatoms. The third-order valence-corrected chi connectivity index (χ3v) is 3.19. The molecule has 0 spiro atoms. The van der Waals surface area contributed by atoms with Gasteiger partial charge in [0.1, 0.15) is 16.1 Å². The van der Waals surface area contributed by atoms with E-state index >= 15 is 0 Å². The van der Waals surface area contributed by atoms with Gasteiger partial charge in [-0.2, -0.15) is 0 Å². The lowest BCUT2D eigenvalue weighted by molar-refractivity contribution is -0.400. The van der Waals surface area contributed by atoms with E-state index in [0.717, 1.165) is 16.6 Å². The second-order valence-corrected chi connectivity index (χ2v) is 4.37. The van der Waals surface area contributed by atoms with Crippen LogP contribution in [-0.2, 0) is 0 Å². The molecule has 20 heavy (non-hydrogen) atoms. The monoisotopic (exact) mass is 268 g/mol. The summed E-state index contributed by atoms with van der Waals surface area (Å²) < 4.78 is 5.39. The Bertz CT molecular complexity index is 778. The maximum atomic E-state index is 11.2. The number of nitro groups is 1. The zero-order valence-corrected chi connectivity index (χ0v) is 10.8. The summed E-state index contributed by atoms with van der Waals surface area (Å²) >= 11 is 0. The van der Waals surface area contributed by atoms with Gasteiger partial charge in [-0.05, 0) is 23.8 Å². The molecule has 0 saturated carbocycles. The summed E-state index contributed by atoms with van der Waals surface area (Å²) in [5.41, 5.74) is 2.67. The molecule has 0 fully saturated rings. The summed E-state index contributed by atoms with van der Waals surface area (Å²) in [6.07, 6.45) is 0. The Morgan fingerprint density at radius 1 is 1.15 bits per heavy atom. The van der Waals surface area contributed by atoms with Gasteiger partial charge >= 0.3 is 5.88 Å². The van der Waals surface area contributed by atoms with E-state index in [4.69, 9.17) is 4.42 Å². The first-order valence-electron chi connectivity index (χ1n) is 6.15. The van der Waals surface area contributed by atoms with Crippen LogP contribution >= 0.6 is 0 Å². The van der Waals surface area contributed by atoms with Crippen molar-refractivity contribution in [3.8, 4) is 11.1 Å². The lowest BCUT2D eigenvalue weighted by Crippen LogP contribution is -1.89. The topological polar surface area (TPSA) is 68.3 Å². The molecular weight excluding hydrogens is 256 g/mol. The van der Waals surface area contributed by atoms with Crippen molar-refractivity contribution in [2.45, 2.75) is 0 Å². The van der Waals surface area contributed by atoms with Gasteiger partial charge in [0, 0.05) is 18.1 Å². The molecule has 100 valence electrons. The summed E-state index contributed by atoms with van der Waals surface area (Å²) in [5.74, 6) is -0.223. The number of rotatable bonds is 3. The minimum absolute atomic E-state index is 0.223. The average Bonchev–Trinajstić information content (AvgIpc) is 2.86. The third kappa shape index (κ3) is 1.89. The van der Waals surface area contributed by atoms with E-state index in [1.165, 1.54) is 0 Å². The van der Waals surface area contributed by atoms with Crippen molar-refractivity contribution in [3.63, 3.8) is 0 Å². The predicted molar refractivity (Wildman–Crippen MR) is 77.9 cm³/mol. The van der Waals surface area contributed by atoms with Gasteiger partial charge in [0.25, 0.3) is 0 Å². The van der Waals surface area contributed by atoms with E-state index in [1.807, 2.05) is 42.5 Å². The largest absolute Gasteiger partial charge is 0.442 e. The Morgan fingerprint density at radius 3 is 2.55 bits per heavy atom. The van der Waals surface area contributed by atoms with Crippen LogP contribution in [0.3, 0.4) is 0 Å². The molecule has 0 aliphatic carbocycles. The second-order valence-electron chi connectivity index (χ2n) is 4.37. The second kappa shape index (κ2) is 4.70. The molecule has 1 heterocycles. The highest BCUT2D eigenvalue weighted by molar-refractivity contribution is 6.00. The van der Waals surface area contributed by atoms with Crippen LogP contribution in [0.2, 0.25) is 0 Å². The SMILES string of the molecule is CNc1ccc2oc([N+](=O)[O-])c(-c3ccccc3)c2c1. The zero-order valence-electron chi connectivity index (χ0n) is 10.8. The fourth-order valence-corrected chi connectivity index (χ4v) is 2.25. The van der Waals surface area contributed by atoms with Crippen molar-refractivity contribution in [1.82, 2.24) is 0 Å². The molecular formula is C15H12N2O3. The first-order valence-corrected chi connectivity index (χ1v) is 6.15. The lowest BCUT2D eigenvalue weighted by atomic mass is 10.0. The number of furan rings is 1. The van der Waals surface area contributed by atoms with E-state index in [1.54, 1.807) is 13.1 Å². The van der Waals surface area contributed by atoms with Crippen LogP contribution in [0, 0.1) is 10.1 Å². The fourth-order valence-electron chi connectivity index (χ4n) is 2.25. The maximum absolute atomic E-state index is 11.2. The third-order valence-electron chi connectivity index (χ3n) is 3.19. The highest BCUT2D eigenvalue weighted by Gasteiger charge is 2.25. The van der Waals surface area contributed by atoms with Gasteiger partial charge in [-0.3, -0.25) is 10.1 Å². The standard InChI is InChI=1S/C15H12N2O3/c1-16-11-7-8-13-12(9-11)14(15(20-13)17(18)19)10-5-3-2-4-6-10/h2-9,16H,1H3. The molecule has 0 aliphatic heterocycles. The van der Waals surface area contributed by atoms with Crippen molar-refractivity contribution >= 4 is 22.5 Å². The molecule has 0 bridgehead atoms. The minimum atomic E-state index is -0.485. The van der Waals surface area contributed by atoms with E-state index in [9.17, 15) is 10.1 Å². The summed E-state index contributed by atoms with van der Waals surface area (Å²) in [6.45, 7) is 0. The maximum Gasteiger partial charge on any atom is 0.442 e. The van der Waals surface area contributed by atoms with Crippen LogP contribution in [0.5, 0.6) is 0 Å². The molecule has 5 nitrogen and oxygen atoms in total. The average molecular weight is 268 g/mol. The Morgan fingerprint density at radius 2 is 1.90 bits per heavy atom. The molecule has 0 radical (unpaired) electrons. The molecule has 0 saturated heterocycles. The van der Waals surface area contributed by atoms with E-state index in [-0.39, 0.29) is 5.88 Å². The van der Waals surface area contributed by atoms with Crippen molar-refractivity contribution < 1.29 is 9.34 Å². The molecule has 0 atom stereocenters. The summed E-state index contributed by atoms with van der Waals surface area (Å²) in [6, 6.07) is 14.7. The summed E-state index contributed by atoms with van der Waals surface area (Å²) in [7, 11) is 1.80. The lowest BCUT2D eigenvalue weighted by Gasteiger charge is -2.00. The van der Waals surface area contributed by atoms with Gasteiger partial charge in [0.2, 0.25) is 0 Å². The highest BCUT2D eigenvalue weighted by Crippen LogP contribution is 2.40. The van der Waals surface area contributed by atoms with Gasteiger partial charge < -0.3 is 9.73 Å². The van der Waals surface area contributed by atoms with Crippen molar-refractivity contribution in [3.05, 3.63) is 58.6 Å². The van der Waals surface area contributed by atoms with E-state index in [0.29, 0.717) is 11.1 Å². The molecule has 3 aromatic rings. The number of nitrogens with zero attached hydrogens (tertiary/aromatic N) is 1. The predicted octanol–water partition coefficient (Wildman–Crippen LogP) is 4.05. The summed E-state index contributed by atoms with van der Waals surface area (Å²) in [5, 5.41) is 15.0. The number of nitrogens with one attached hydrogen (secondary N) is 1. The molecule has 0 unspecified atom stereocenters. The van der Waals surface area contributed by atoms with Crippen LogP contribution in [0.4, 0.5) is 11.6 Å². The normalized spacial score (nSPS) is 10.7. The van der Waals surface area contributed by atoms with Crippen LogP contribution in [0.15, 0.2) is 52.9 Å².